The van der Waals surface area contributed by atoms with E-state index in [0.29, 0.717) is 27.4 Å². The monoisotopic (exact) mass is 352 g/mol. The van der Waals surface area contributed by atoms with E-state index >= 15 is 0 Å². The number of carbonyl (C=O) groups is 1. The van der Waals surface area contributed by atoms with Crippen molar-refractivity contribution in [2.75, 3.05) is 10.6 Å². The third kappa shape index (κ3) is 4.81. The third-order valence-corrected chi connectivity index (χ3v) is 3.59. The summed E-state index contributed by atoms with van der Waals surface area (Å²) >= 11 is 12.0. The lowest BCUT2D eigenvalue weighted by molar-refractivity contribution is 0.102. The number of benzene rings is 1. The molecule has 2 N–H and O–H groups in total. The van der Waals surface area contributed by atoms with E-state index < -0.39 is 0 Å². The van der Waals surface area contributed by atoms with Crippen LogP contribution >= 0.6 is 23.2 Å². The Labute approximate surface area is 145 Å². The maximum atomic E-state index is 12.4. The average molecular weight is 353 g/mol. The van der Waals surface area contributed by atoms with E-state index in [2.05, 4.69) is 20.6 Å². The van der Waals surface area contributed by atoms with Gasteiger partial charge in [0.1, 0.15) is 17.3 Å². The molecule has 122 valence electrons. The zero-order chi connectivity index (χ0) is 17.2. The summed E-state index contributed by atoms with van der Waals surface area (Å²) in [7, 11) is 0. The summed E-state index contributed by atoms with van der Waals surface area (Å²) in [6, 6.07) is 6.64. The van der Waals surface area contributed by atoms with E-state index in [1.54, 1.807) is 31.2 Å². The van der Waals surface area contributed by atoms with Gasteiger partial charge in [0.2, 0.25) is 0 Å². The second kappa shape index (κ2) is 6.72. The first kappa shape index (κ1) is 17.5. The Balaban J connectivity index is 2.27. The van der Waals surface area contributed by atoms with Crippen LogP contribution in [0.25, 0.3) is 0 Å². The molecule has 0 saturated heterocycles. The number of nitrogens with one attached hydrogen (secondary N) is 2. The minimum atomic E-state index is -0.378. The minimum Gasteiger partial charge on any atom is -0.365 e. The lowest BCUT2D eigenvalue weighted by atomic mass is 10.1. The van der Waals surface area contributed by atoms with Crippen molar-refractivity contribution < 1.29 is 4.79 Å². The number of aromatic nitrogens is 2. The van der Waals surface area contributed by atoms with Crippen LogP contribution in [-0.4, -0.2) is 21.4 Å². The maximum absolute atomic E-state index is 12.4. The maximum Gasteiger partial charge on any atom is 0.274 e. The summed E-state index contributed by atoms with van der Waals surface area (Å²) in [4.78, 5) is 20.9. The highest BCUT2D eigenvalue weighted by Gasteiger charge is 2.16. The molecule has 0 spiro atoms. The largest absolute Gasteiger partial charge is 0.365 e. The van der Waals surface area contributed by atoms with Crippen molar-refractivity contribution in [3.8, 4) is 0 Å². The van der Waals surface area contributed by atoms with E-state index in [4.69, 9.17) is 23.2 Å². The van der Waals surface area contributed by atoms with Crippen LogP contribution in [0.15, 0.2) is 24.3 Å². The summed E-state index contributed by atoms with van der Waals surface area (Å²) < 4.78 is 0. The van der Waals surface area contributed by atoms with Gasteiger partial charge in [-0.1, -0.05) is 29.3 Å². The first-order chi connectivity index (χ1) is 10.7. The van der Waals surface area contributed by atoms with Crippen LogP contribution in [0, 0.1) is 6.92 Å². The third-order valence-electron chi connectivity index (χ3n) is 2.77. The first-order valence-corrected chi connectivity index (χ1v) is 7.80. The Morgan fingerprint density at radius 3 is 2.52 bits per heavy atom. The van der Waals surface area contributed by atoms with Crippen LogP contribution in [0.3, 0.4) is 0 Å². The molecule has 7 heteroatoms. The zero-order valence-corrected chi connectivity index (χ0v) is 14.9. The second-order valence-corrected chi connectivity index (χ2v) is 6.90. The molecule has 2 aromatic rings. The molecule has 0 fully saturated rings. The topological polar surface area (TPSA) is 66.9 Å². The standard InChI is InChI=1S/C16H18Cl2N4O/c1-9-19-12(8-13(20-9)22-16(2,3)4)15(23)21-11-7-5-6-10(17)14(11)18/h5-8H,1-4H3,(H,21,23)(H,19,20,22). The molecule has 2 rings (SSSR count). The van der Waals surface area contributed by atoms with Gasteiger partial charge >= 0.3 is 0 Å². The Bertz CT molecular complexity index is 741. The molecular weight excluding hydrogens is 335 g/mol. The van der Waals surface area contributed by atoms with Gasteiger partial charge in [-0.25, -0.2) is 9.97 Å². The van der Waals surface area contributed by atoms with Crippen LogP contribution in [0.1, 0.15) is 37.1 Å². The number of carbonyl (C=O) groups excluding carboxylic acids is 1. The predicted octanol–water partition coefficient (Wildman–Crippen LogP) is 4.55. The molecule has 0 atom stereocenters. The van der Waals surface area contributed by atoms with Crippen LogP contribution in [0.5, 0.6) is 0 Å². The van der Waals surface area contributed by atoms with Gasteiger partial charge in [0.15, 0.2) is 0 Å². The van der Waals surface area contributed by atoms with Crippen LogP contribution < -0.4 is 10.6 Å². The Hall–Kier alpha value is -1.85. The zero-order valence-electron chi connectivity index (χ0n) is 13.4. The summed E-state index contributed by atoms with van der Waals surface area (Å²) in [6.45, 7) is 7.76. The highest BCUT2D eigenvalue weighted by Crippen LogP contribution is 2.29. The van der Waals surface area contributed by atoms with Crippen LogP contribution in [0.2, 0.25) is 10.0 Å². The van der Waals surface area contributed by atoms with Gasteiger partial charge < -0.3 is 10.6 Å². The normalized spacial score (nSPS) is 11.2. The molecule has 0 bridgehead atoms. The van der Waals surface area contributed by atoms with E-state index in [1.165, 1.54) is 0 Å². The van der Waals surface area contributed by atoms with Gasteiger partial charge in [-0.05, 0) is 39.8 Å². The number of halogens is 2. The Morgan fingerprint density at radius 2 is 1.87 bits per heavy atom. The molecular formula is C16H18Cl2N4O. The molecule has 0 radical (unpaired) electrons. The summed E-state index contributed by atoms with van der Waals surface area (Å²) in [5, 5.41) is 6.60. The van der Waals surface area contributed by atoms with E-state index in [0.717, 1.165) is 0 Å². The van der Waals surface area contributed by atoms with Crippen molar-refractivity contribution in [2.24, 2.45) is 0 Å². The molecule has 1 aromatic carbocycles. The molecule has 0 aliphatic heterocycles. The molecule has 0 aliphatic carbocycles. The van der Waals surface area contributed by atoms with Crippen molar-refractivity contribution in [2.45, 2.75) is 33.2 Å². The van der Waals surface area contributed by atoms with Crippen molar-refractivity contribution in [3.05, 3.63) is 45.8 Å². The Morgan fingerprint density at radius 1 is 1.17 bits per heavy atom. The molecule has 5 nitrogen and oxygen atoms in total. The van der Waals surface area contributed by atoms with E-state index in [9.17, 15) is 4.79 Å². The van der Waals surface area contributed by atoms with Gasteiger partial charge in [0.25, 0.3) is 5.91 Å². The number of hydrogen-bond acceptors (Lipinski definition) is 4. The van der Waals surface area contributed by atoms with Crippen molar-refractivity contribution >= 4 is 40.6 Å². The molecule has 1 aromatic heterocycles. The first-order valence-electron chi connectivity index (χ1n) is 7.05. The van der Waals surface area contributed by atoms with Gasteiger partial charge in [0, 0.05) is 11.6 Å². The van der Waals surface area contributed by atoms with Crippen LogP contribution in [0.4, 0.5) is 11.5 Å². The molecule has 0 unspecified atom stereocenters. The fraction of sp³-hybridized carbons (Fsp3) is 0.312. The van der Waals surface area contributed by atoms with Crippen LogP contribution in [-0.2, 0) is 0 Å². The average Bonchev–Trinajstić information content (AvgIpc) is 2.41. The highest BCUT2D eigenvalue weighted by atomic mass is 35.5. The molecule has 23 heavy (non-hydrogen) atoms. The summed E-state index contributed by atoms with van der Waals surface area (Å²) in [5.74, 6) is 0.713. The lowest BCUT2D eigenvalue weighted by Crippen LogP contribution is -2.27. The lowest BCUT2D eigenvalue weighted by Gasteiger charge is -2.21. The predicted molar refractivity (Wildman–Crippen MR) is 94.6 cm³/mol. The number of nitrogens with zero attached hydrogens (tertiary/aromatic N) is 2. The van der Waals surface area contributed by atoms with Gasteiger partial charge in [-0.2, -0.15) is 0 Å². The molecule has 0 aliphatic rings. The summed E-state index contributed by atoms with van der Waals surface area (Å²) in [6.07, 6.45) is 0. The number of hydrogen-bond donors (Lipinski definition) is 2. The highest BCUT2D eigenvalue weighted by molar-refractivity contribution is 6.44. The van der Waals surface area contributed by atoms with Crippen molar-refractivity contribution in [1.29, 1.82) is 0 Å². The molecule has 1 heterocycles. The fourth-order valence-corrected chi connectivity index (χ4v) is 2.27. The summed E-state index contributed by atoms with van der Waals surface area (Å²) in [5.41, 5.74) is 0.510. The van der Waals surface area contributed by atoms with Gasteiger partial charge in [0.05, 0.1) is 15.7 Å². The van der Waals surface area contributed by atoms with Gasteiger partial charge in [-0.3, -0.25) is 4.79 Å². The second-order valence-electron chi connectivity index (χ2n) is 6.12. The quantitative estimate of drug-likeness (QED) is 0.849. The number of rotatable bonds is 3. The van der Waals surface area contributed by atoms with Crippen molar-refractivity contribution in [1.82, 2.24) is 9.97 Å². The van der Waals surface area contributed by atoms with Gasteiger partial charge in [-0.15, -0.1) is 0 Å². The minimum absolute atomic E-state index is 0.176. The molecule has 1 amide bonds. The fourth-order valence-electron chi connectivity index (χ4n) is 1.92. The SMILES string of the molecule is Cc1nc(NC(C)(C)C)cc(C(=O)Nc2cccc(Cl)c2Cl)n1. The molecule has 0 saturated carbocycles. The van der Waals surface area contributed by atoms with E-state index in [-0.39, 0.29) is 17.1 Å². The Kier molecular flexibility index (Phi) is 5.12. The van der Waals surface area contributed by atoms with Crippen molar-refractivity contribution in [3.63, 3.8) is 0 Å². The number of aryl methyl sites for hydroxylation is 1. The number of anilines is 2. The van der Waals surface area contributed by atoms with E-state index in [1.807, 2.05) is 20.8 Å². The smallest absolute Gasteiger partial charge is 0.274 e. The number of amides is 1.